The second-order valence-electron chi connectivity index (χ2n) is 3.73. The Kier molecular flexibility index (Phi) is 5.67. The number of carboxylic acids is 2. The first-order chi connectivity index (χ1) is 9.85. The van der Waals surface area contributed by atoms with Crippen molar-refractivity contribution in [1.29, 1.82) is 0 Å². The largest absolute Gasteiger partial charge is 0.478 e. The number of hydrogen-bond donors (Lipinski definition) is 5. The summed E-state index contributed by atoms with van der Waals surface area (Å²) in [6, 6.07) is 0.843. The summed E-state index contributed by atoms with van der Waals surface area (Å²) in [6.45, 7) is 2.24. The van der Waals surface area contributed by atoms with E-state index in [9.17, 15) is 19.2 Å². The highest BCUT2D eigenvalue weighted by molar-refractivity contribution is 7.16. The first kappa shape index (κ1) is 16.4. The van der Waals surface area contributed by atoms with E-state index < -0.39 is 23.9 Å². The summed E-state index contributed by atoms with van der Waals surface area (Å²) in [5, 5.41) is 24.4. The number of amides is 3. The highest BCUT2D eigenvalue weighted by Gasteiger charge is 2.20. The molecule has 0 fully saturated rings. The van der Waals surface area contributed by atoms with Crippen LogP contribution in [0.25, 0.3) is 0 Å². The fraction of sp³-hybridized carbons (Fsp3) is 0.273. The summed E-state index contributed by atoms with van der Waals surface area (Å²) < 4.78 is 0. The molecule has 0 unspecified atom stereocenters. The average Bonchev–Trinajstić information content (AvgIpc) is 2.80. The zero-order valence-electron chi connectivity index (χ0n) is 10.9. The van der Waals surface area contributed by atoms with Gasteiger partial charge in [0.15, 0.2) is 0 Å². The van der Waals surface area contributed by atoms with E-state index in [0.29, 0.717) is 11.4 Å². The zero-order valence-corrected chi connectivity index (χ0v) is 11.7. The quantitative estimate of drug-likeness (QED) is 0.494. The molecule has 5 N–H and O–H groups in total. The van der Waals surface area contributed by atoms with Gasteiger partial charge in [0, 0.05) is 11.4 Å². The lowest BCUT2D eigenvalue weighted by Gasteiger charge is -2.03. The van der Waals surface area contributed by atoms with Crippen molar-refractivity contribution in [2.24, 2.45) is 0 Å². The summed E-state index contributed by atoms with van der Waals surface area (Å²) in [7, 11) is 0. The number of carbonyl (C=O) groups excluding carboxylic acids is 2. The van der Waals surface area contributed by atoms with Gasteiger partial charge in [0.25, 0.3) is 0 Å². The Morgan fingerprint density at radius 1 is 1.19 bits per heavy atom. The fourth-order valence-corrected chi connectivity index (χ4v) is 2.31. The van der Waals surface area contributed by atoms with Crippen molar-refractivity contribution in [2.75, 3.05) is 11.9 Å². The molecule has 0 radical (unpaired) electrons. The summed E-state index contributed by atoms with van der Waals surface area (Å²) in [5.74, 6) is -4.36. The van der Waals surface area contributed by atoms with Crippen LogP contribution in [0.2, 0.25) is 0 Å². The molecule has 0 saturated heterocycles. The zero-order chi connectivity index (χ0) is 16.0. The second kappa shape index (κ2) is 7.24. The minimum Gasteiger partial charge on any atom is -0.478 e. The van der Waals surface area contributed by atoms with Gasteiger partial charge in [-0.3, -0.25) is 4.79 Å². The molecule has 1 rings (SSSR count). The van der Waals surface area contributed by atoms with E-state index >= 15 is 0 Å². The van der Waals surface area contributed by atoms with Crippen LogP contribution in [0.3, 0.4) is 0 Å². The lowest BCUT2D eigenvalue weighted by atomic mass is 10.3. The van der Waals surface area contributed by atoms with Crippen molar-refractivity contribution in [3.63, 3.8) is 0 Å². The first-order valence-corrected chi connectivity index (χ1v) is 6.58. The number of nitrogens with one attached hydrogen (secondary N) is 3. The first-order valence-electron chi connectivity index (χ1n) is 5.77. The van der Waals surface area contributed by atoms with Crippen LogP contribution < -0.4 is 16.0 Å². The van der Waals surface area contributed by atoms with E-state index in [1.165, 1.54) is 6.07 Å². The average molecular weight is 315 g/mol. The van der Waals surface area contributed by atoms with Crippen molar-refractivity contribution >= 4 is 40.2 Å². The smallest absolute Gasteiger partial charge is 0.394 e. The van der Waals surface area contributed by atoms with Gasteiger partial charge in [-0.25, -0.2) is 14.4 Å². The molecule has 1 heterocycles. The van der Waals surface area contributed by atoms with Crippen molar-refractivity contribution in [3.05, 3.63) is 16.5 Å². The highest BCUT2D eigenvalue weighted by Crippen LogP contribution is 2.28. The molecular weight excluding hydrogens is 302 g/mol. The molecule has 9 nitrogen and oxygen atoms in total. The van der Waals surface area contributed by atoms with Gasteiger partial charge in [-0.05, 0) is 13.0 Å². The monoisotopic (exact) mass is 315 g/mol. The Hall–Kier alpha value is -2.62. The lowest BCUT2D eigenvalue weighted by molar-refractivity contribution is -0.147. The van der Waals surface area contributed by atoms with Gasteiger partial charge in [0.05, 0.1) is 12.1 Å². The number of anilines is 1. The van der Waals surface area contributed by atoms with Crippen LogP contribution in [0.1, 0.15) is 22.2 Å². The summed E-state index contributed by atoms with van der Waals surface area (Å²) in [4.78, 5) is 44.3. The topological polar surface area (TPSA) is 145 Å². The van der Waals surface area contributed by atoms with Gasteiger partial charge in [-0.15, -0.1) is 11.3 Å². The Balaban J connectivity index is 2.84. The van der Waals surface area contributed by atoms with Crippen LogP contribution >= 0.6 is 11.3 Å². The van der Waals surface area contributed by atoms with Crippen LogP contribution in [0.4, 0.5) is 9.80 Å². The Morgan fingerprint density at radius 3 is 2.38 bits per heavy atom. The molecule has 3 amide bonds. The summed E-state index contributed by atoms with van der Waals surface area (Å²) in [6.07, 6.45) is 0. The number of aromatic carboxylic acids is 1. The number of rotatable bonds is 5. The number of carboxylic acid groups (broad SMARTS) is 2. The predicted octanol–water partition coefficient (Wildman–Crippen LogP) is 0.288. The highest BCUT2D eigenvalue weighted by atomic mass is 32.1. The molecule has 21 heavy (non-hydrogen) atoms. The fourth-order valence-electron chi connectivity index (χ4n) is 1.33. The third-order valence-corrected chi connectivity index (χ3v) is 3.25. The molecule has 10 heteroatoms. The number of urea groups is 1. The van der Waals surface area contributed by atoms with Crippen molar-refractivity contribution in [1.82, 2.24) is 10.6 Å². The number of aliphatic carboxylic acids is 1. The van der Waals surface area contributed by atoms with Crippen LogP contribution in [0.15, 0.2) is 6.07 Å². The minimum atomic E-state index is -1.72. The molecular formula is C11H13N3O6S. The molecule has 0 aliphatic heterocycles. The maximum absolute atomic E-state index is 11.2. The van der Waals surface area contributed by atoms with Gasteiger partial charge in [0.1, 0.15) is 5.00 Å². The van der Waals surface area contributed by atoms with Gasteiger partial charge in [-0.2, -0.15) is 0 Å². The van der Waals surface area contributed by atoms with Crippen LogP contribution in [0.5, 0.6) is 0 Å². The summed E-state index contributed by atoms with van der Waals surface area (Å²) in [5.41, 5.74) is -0.234. The van der Waals surface area contributed by atoms with Crippen molar-refractivity contribution in [2.45, 2.75) is 13.5 Å². The van der Waals surface area contributed by atoms with E-state index in [0.717, 1.165) is 11.3 Å². The molecule has 1 aromatic rings. The minimum absolute atomic E-state index is 0.0553. The number of hydrogen-bond acceptors (Lipinski definition) is 5. The Morgan fingerprint density at radius 2 is 1.86 bits per heavy atom. The molecule has 0 spiro atoms. The third kappa shape index (κ3) is 4.76. The van der Waals surface area contributed by atoms with Gasteiger partial charge in [0.2, 0.25) is 0 Å². The van der Waals surface area contributed by atoms with Crippen molar-refractivity contribution < 1.29 is 29.4 Å². The van der Waals surface area contributed by atoms with E-state index in [4.69, 9.17) is 10.2 Å². The lowest BCUT2D eigenvalue weighted by Crippen LogP contribution is -2.34. The second-order valence-corrected chi connectivity index (χ2v) is 4.87. The van der Waals surface area contributed by atoms with E-state index in [1.807, 2.05) is 5.32 Å². The van der Waals surface area contributed by atoms with E-state index in [2.05, 4.69) is 10.6 Å². The van der Waals surface area contributed by atoms with E-state index in [-0.39, 0.29) is 17.1 Å². The van der Waals surface area contributed by atoms with Crippen LogP contribution in [-0.4, -0.2) is 40.6 Å². The Bertz CT molecular complexity index is 583. The molecule has 1 aromatic heterocycles. The maximum atomic E-state index is 11.2. The molecule has 0 aromatic carbocycles. The van der Waals surface area contributed by atoms with Gasteiger partial charge < -0.3 is 26.2 Å². The maximum Gasteiger partial charge on any atom is 0.394 e. The van der Waals surface area contributed by atoms with Gasteiger partial charge in [-0.1, -0.05) is 0 Å². The van der Waals surface area contributed by atoms with Gasteiger partial charge >= 0.3 is 23.9 Å². The normalized spacial score (nSPS) is 9.76. The molecule has 114 valence electrons. The van der Waals surface area contributed by atoms with Crippen LogP contribution in [0, 0.1) is 0 Å². The third-order valence-electron chi connectivity index (χ3n) is 2.20. The SMILES string of the molecule is CCNC(=O)NCc1cc(C(=O)O)c(NC(=O)C(=O)O)s1. The molecule has 0 saturated carbocycles. The Labute approximate surface area is 123 Å². The van der Waals surface area contributed by atoms with Crippen molar-refractivity contribution in [3.8, 4) is 0 Å². The molecule has 0 atom stereocenters. The van der Waals surface area contributed by atoms with E-state index in [1.54, 1.807) is 6.92 Å². The summed E-state index contributed by atoms with van der Waals surface area (Å²) >= 11 is 0.875. The predicted molar refractivity (Wildman–Crippen MR) is 73.5 cm³/mol. The molecule has 0 aliphatic carbocycles. The number of thiophene rings is 1. The molecule has 0 bridgehead atoms. The molecule has 0 aliphatic rings. The number of carbonyl (C=O) groups is 4. The standard InChI is InChI=1S/C11H13N3O6S/c1-2-12-11(20)13-4-5-3-6(9(16)17)8(21-5)14-7(15)10(18)19/h3H,2,4H2,1H3,(H,14,15)(H,16,17)(H,18,19)(H2,12,13,20). The van der Waals surface area contributed by atoms with Crippen LogP contribution in [-0.2, 0) is 16.1 Å².